The van der Waals surface area contributed by atoms with E-state index in [2.05, 4.69) is 17.1 Å². The summed E-state index contributed by atoms with van der Waals surface area (Å²) in [6.07, 6.45) is 5.04. The Hall–Kier alpha value is 0.270. The topological polar surface area (TPSA) is 23.5 Å². The molecule has 2 fully saturated rings. The predicted octanol–water partition coefficient (Wildman–Crippen LogP) is 1.56. The third-order valence-electron chi connectivity index (χ3n) is 3.60. The standard InChI is InChI=1S/C10H19NOS/c12-6-3-9-7-10(9)8-1-4-11(13)5-2-8/h8-10,12-13H,1-7H2/t9-,10-/m1/s1. The lowest BCUT2D eigenvalue weighted by Gasteiger charge is -2.28. The Morgan fingerprint density at radius 2 is 2.00 bits per heavy atom. The first-order valence-corrected chi connectivity index (χ1v) is 5.76. The molecular weight excluding hydrogens is 182 g/mol. The van der Waals surface area contributed by atoms with Crippen molar-refractivity contribution in [1.29, 1.82) is 0 Å². The molecule has 2 nitrogen and oxygen atoms in total. The van der Waals surface area contributed by atoms with Gasteiger partial charge in [-0.15, -0.1) is 0 Å². The zero-order valence-corrected chi connectivity index (χ0v) is 8.92. The van der Waals surface area contributed by atoms with E-state index in [9.17, 15) is 0 Å². The van der Waals surface area contributed by atoms with Gasteiger partial charge in [-0.2, -0.15) is 0 Å². The largest absolute Gasteiger partial charge is 0.396 e. The number of piperidine rings is 1. The van der Waals surface area contributed by atoms with Crippen LogP contribution in [0.15, 0.2) is 0 Å². The second-order valence-corrected chi connectivity index (χ2v) is 5.03. The predicted molar refractivity (Wildman–Crippen MR) is 56.6 cm³/mol. The van der Waals surface area contributed by atoms with Crippen LogP contribution in [0.5, 0.6) is 0 Å². The van der Waals surface area contributed by atoms with Crippen molar-refractivity contribution in [3.63, 3.8) is 0 Å². The van der Waals surface area contributed by atoms with Crippen molar-refractivity contribution in [3.8, 4) is 0 Å². The van der Waals surface area contributed by atoms with Crippen LogP contribution in [0.4, 0.5) is 0 Å². The summed E-state index contributed by atoms with van der Waals surface area (Å²) >= 11 is 4.35. The van der Waals surface area contributed by atoms with Crippen LogP contribution in [0.3, 0.4) is 0 Å². The number of nitrogens with zero attached hydrogens (tertiary/aromatic N) is 1. The van der Waals surface area contributed by atoms with Crippen molar-refractivity contribution in [2.24, 2.45) is 17.8 Å². The van der Waals surface area contributed by atoms with Crippen LogP contribution in [-0.2, 0) is 0 Å². The van der Waals surface area contributed by atoms with Crippen molar-refractivity contribution in [3.05, 3.63) is 0 Å². The number of rotatable bonds is 3. The second-order valence-electron chi connectivity index (χ2n) is 4.46. The molecule has 0 amide bonds. The molecule has 0 radical (unpaired) electrons. The Balaban J connectivity index is 1.71. The smallest absolute Gasteiger partial charge is 0.0433 e. The van der Waals surface area contributed by atoms with E-state index in [1.54, 1.807) is 0 Å². The lowest BCUT2D eigenvalue weighted by atomic mass is 9.91. The van der Waals surface area contributed by atoms with Gasteiger partial charge in [0.15, 0.2) is 0 Å². The molecule has 2 atom stereocenters. The van der Waals surface area contributed by atoms with Gasteiger partial charge in [0.25, 0.3) is 0 Å². The van der Waals surface area contributed by atoms with Gasteiger partial charge >= 0.3 is 0 Å². The molecular formula is C10H19NOS. The Morgan fingerprint density at radius 1 is 1.31 bits per heavy atom. The SMILES string of the molecule is OCC[C@@H]1C[C@@H]1C1CCN(S)CC1. The second kappa shape index (κ2) is 4.20. The molecule has 0 aromatic rings. The molecule has 0 aromatic carbocycles. The molecule has 0 spiro atoms. The van der Waals surface area contributed by atoms with E-state index in [-0.39, 0.29) is 0 Å². The van der Waals surface area contributed by atoms with Gasteiger partial charge < -0.3 is 5.11 Å². The minimum Gasteiger partial charge on any atom is -0.396 e. The minimum atomic E-state index is 0.382. The Kier molecular flexibility index (Phi) is 3.17. The van der Waals surface area contributed by atoms with Crippen LogP contribution >= 0.6 is 12.8 Å². The summed E-state index contributed by atoms with van der Waals surface area (Å²) in [4.78, 5) is 0. The highest BCUT2D eigenvalue weighted by atomic mass is 32.1. The average Bonchev–Trinajstić information content (AvgIpc) is 2.86. The average molecular weight is 201 g/mol. The fourth-order valence-corrected chi connectivity index (χ4v) is 2.89. The Labute approximate surface area is 85.9 Å². The van der Waals surface area contributed by atoms with Crippen LogP contribution < -0.4 is 0 Å². The summed E-state index contributed by atoms with van der Waals surface area (Å²) in [6.45, 7) is 2.68. The van der Waals surface area contributed by atoms with E-state index in [1.165, 1.54) is 19.3 Å². The van der Waals surface area contributed by atoms with Crippen molar-refractivity contribution in [2.45, 2.75) is 25.7 Å². The molecule has 0 unspecified atom stereocenters. The normalized spacial score (nSPS) is 36.5. The van der Waals surface area contributed by atoms with E-state index < -0.39 is 0 Å². The molecule has 2 rings (SSSR count). The molecule has 2 aliphatic rings. The quantitative estimate of drug-likeness (QED) is 0.677. The monoisotopic (exact) mass is 201 g/mol. The zero-order chi connectivity index (χ0) is 9.26. The van der Waals surface area contributed by atoms with Crippen LogP contribution in [0.1, 0.15) is 25.7 Å². The van der Waals surface area contributed by atoms with E-state index in [0.29, 0.717) is 6.61 Å². The molecule has 1 aliphatic heterocycles. The Morgan fingerprint density at radius 3 is 2.62 bits per heavy atom. The highest BCUT2D eigenvalue weighted by molar-refractivity contribution is 7.77. The van der Waals surface area contributed by atoms with E-state index in [1.807, 2.05) is 0 Å². The van der Waals surface area contributed by atoms with Gasteiger partial charge in [-0.3, -0.25) is 4.31 Å². The molecule has 1 heterocycles. The molecule has 76 valence electrons. The maximum Gasteiger partial charge on any atom is 0.0433 e. The summed E-state index contributed by atoms with van der Waals surface area (Å²) in [5.74, 6) is 2.72. The minimum absolute atomic E-state index is 0.382. The van der Waals surface area contributed by atoms with Crippen LogP contribution in [0, 0.1) is 17.8 Å². The zero-order valence-electron chi connectivity index (χ0n) is 8.02. The third kappa shape index (κ3) is 2.39. The first-order chi connectivity index (χ1) is 6.31. The summed E-state index contributed by atoms with van der Waals surface area (Å²) in [5, 5.41) is 8.81. The maximum atomic E-state index is 8.81. The highest BCUT2D eigenvalue weighted by Gasteiger charge is 2.42. The van der Waals surface area contributed by atoms with Crippen LogP contribution in [0.25, 0.3) is 0 Å². The van der Waals surface area contributed by atoms with Gasteiger partial charge in [0, 0.05) is 19.7 Å². The number of aliphatic hydroxyl groups excluding tert-OH is 1. The highest BCUT2D eigenvalue weighted by Crippen LogP contribution is 2.49. The lowest BCUT2D eigenvalue weighted by Crippen LogP contribution is -2.27. The van der Waals surface area contributed by atoms with Gasteiger partial charge in [-0.05, 0) is 43.4 Å². The third-order valence-corrected chi connectivity index (χ3v) is 4.00. The number of hydrogen-bond donors (Lipinski definition) is 2. The molecule has 1 saturated carbocycles. The first kappa shape index (κ1) is 9.81. The lowest BCUT2D eigenvalue weighted by molar-refractivity contribution is 0.243. The van der Waals surface area contributed by atoms with Crippen molar-refractivity contribution >= 4 is 12.8 Å². The van der Waals surface area contributed by atoms with Crippen molar-refractivity contribution < 1.29 is 5.11 Å². The molecule has 13 heavy (non-hydrogen) atoms. The van der Waals surface area contributed by atoms with Gasteiger partial charge in [-0.1, -0.05) is 12.8 Å². The molecule has 1 N–H and O–H groups in total. The summed E-state index contributed by atoms with van der Waals surface area (Å²) in [5.41, 5.74) is 0. The van der Waals surface area contributed by atoms with Crippen molar-refractivity contribution in [1.82, 2.24) is 4.31 Å². The van der Waals surface area contributed by atoms with Crippen LogP contribution in [0.2, 0.25) is 0 Å². The molecule has 0 aromatic heterocycles. The summed E-state index contributed by atoms with van der Waals surface area (Å²) < 4.78 is 2.12. The van der Waals surface area contributed by atoms with Crippen molar-refractivity contribution in [2.75, 3.05) is 19.7 Å². The van der Waals surface area contributed by atoms with Gasteiger partial charge in [0.05, 0.1) is 0 Å². The fraction of sp³-hybridized carbons (Fsp3) is 1.00. The summed E-state index contributed by atoms with van der Waals surface area (Å²) in [7, 11) is 0. The number of aliphatic hydroxyl groups is 1. The van der Waals surface area contributed by atoms with Gasteiger partial charge in [0.1, 0.15) is 0 Å². The van der Waals surface area contributed by atoms with Gasteiger partial charge in [-0.25, -0.2) is 0 Å². The number of thiol groups is 1. The fourth-order valence-electron chi connectivity index (χ4n) is 2.66. The molecule has 1 aliphatic carbocycles. The van der Waals surface area contributed by atoms with Crippen LogP contribution in [-0.4, -0.2) is 29.1 Å². The van der Waals surface area contributed by atoms with Gasteiger partial charge in [0.2, 0.25) is 0 Å². The van der Waals surface area contributed by atoms with E-state index >= 15 is 0 Å². The maximum absolute atomic E-state index is 8.81. The van der Waals surface area contributed by atoms with E-state index in [0.717, 1.165) is 37.3 Å². The molecule has 3 heteroatoms. The Bertz CT molecular complexity index is 168. The van der Waals surface area contributed by atoms with E-state index in [4.69, 9.17) is 5.11 Å². The first-order valence-electron chi connectivity index (χ1n) is 5.36. The summed E-state index contributed by atoms with van der Waals surface area (Å²) in [6, 6.07) is 0. The number of hydrogen-bond acceptors (Lipinski definition) is 3. The molecule has 1 saturated heterocycles. The molecule has 0 bridgehead atoms.